The Morgan fingerprint density at radius 2 is 1.17 bits per heavy atom. The number of ether oxygens (including phenoxy) is 7. The second-order valence-corrected chi connectivity index (χ2v) is 42.8. The molecule has 20 atom stereocenters. The van der Waals surface area contributed by atoms with Crippen LogP contribution in [-0.4, -0.2) is 273 Å². The van der Waals surface area contributed by atoms with Crippen LogP contribution in [0, 0.1) is 25.0 Å². The molecule has 9 aromatic heterocycles. The lowest BCUT2D eigenvalue weighted by molar-refractivity contribution is -0.185. The molecule has 6 bridgehead atoms. The summed E-state index contributed by atoms with van der Waals surface area (Å²) in [6.45, 7) is 8.05. The largest absolute Gasteiger partial charge is 0.506 e. The van der Waals surface area contributed by atoms with Crippen molar-refractivity contribution in [2.24, 2.45) is 11.8 Å². The van der Waals surface area contributed by atoms with Gasteiger partial charge in [-0.15, -0.1) is 0 Å². The number of halogens is 3. The Labute approximate surface area is 823 Å². The molecule has 0 aliphatic carbocycles. The van der Waals surface area contributed by atoms with E-state index in [0.717, 1.165) is 10.9 Å². The first-order chi connectivity index (χ1) is 68.2. The molecule has 4 unspecified atom stereocenters. The van der Waals surface area contributed by atoms with Gasteiger partial charge in [0.05, 0.1) is 65.0 Å². The maximum atomic E-state index is 16.5. The molecule has 7 saturated heterocycles. The van der Waals surface area contributed by atoms with E-state index in [4.69, 9.17) is 122 Å². The number of hydrogen-bond donors (Lipinski definition) is 10. The standard InChI is InChI=1S/C36H37FN11O13PS.C35H36FN11O12P2S.C7H8ClO2P.C5H5N.H3N/c1-17(2)29(50)45-34-44-28-22(31(52)46-34)42-16-48(28)32-23(59-35(53)54)20(37)19(58-32)11-57-62(63,56-10-9-38-3)61-25-24-33(60-36(25,12-49)13-55-24)47-15-41-21-26(39-14-40-27(21)47)43-30(51)18-7-5-4-6-8-18;1-17(2)29(48)44-34-43-28-22(31(50)45-34)41-16-47(28)32-23-20(36)19(56-32)11-55-61(62,54-10-9-37-3)59-25-24-33(57-35(25,12-52-24)13-53-60(51)58-23)46-15-40-21-26(38-14-39-27(21)46)42-30(49)18-7-5-4-6-8-18;1-11(8,9)10-7-5-3-2-4-6-7;1-2-4-6-5-3-1;/h4-8,14-17,19-20,23-25,32-33,49H,9-13H2,1-2H3,(H,53,54)(H,39,40,43,51)(H2,44,45,46,50,52);4-8,14-17,19-20,23-25,32-33,51H,9-13H2,1-2H3,(H,38,39,42,49)(H2,43,44,45,48,50);2-6H,1H3;1-5H;1H3/t19-,20+,23-,24-,25+,32-,33-,36+,62?;19-,20+,23-,24-,25+,32-,33-,35-,60?,61?;;;/m11.../s1. The number of H-pyrrole nitrogens is 2. The van der Waals surface area contributed by atoms with Gasteiger partial charge in [-0.2, -0.15) is 9.97 Å². The van der Waals surface area contributed by atoms with Crippen molar-refractivity contribution in [1.29, 1.82) is 0 Å². The molecule has 12 aromatic rings. The molecular formula is C83H89ClF2N24O27P4S2. The third-order valence-electron chi connectivity index (χ3n) is 22.1. The number of nitrogens with zero attached hydrogens (tertiary/aromatic N) is 17. The van der Waals surface area contributed by atoms with Crippen LogP contribution in [-0.2, 0) is 107 Å². The van der Waals surface area contributed by atoms with Crippen LogP contribution in [0.5, 0.6) is 5.75 Å². The van der Waals surface area contributed by atoms with Crippen molar-refractivity contribution in [3.05, 3.63) is 214 Å². The van der Waals surface area contributed by atoms with Gasteiger partial charge in [-0.25, -0.2) is 66.6 Å². The van der Waals surface area contributed by atoms with Crippen molar-refractivity contribution in [2.75, 3.05) is 93.9 Å². The zero-order valence-corrected chi connectivity index (χ0v) is 81.5. The van der Waals surface area contributed by atoms with Gasteiger partial charge < -0.3 is 106 Å². The number of aromatic amines is 2. The first kappa shape index (κ1) is 105. The summed E-state index contributed by atoms with van der Waals surface area (Å²) in [4.78, 5) is 158. The van der Waals surface area contributed by atoms with Gasteiger partial charge in [-0.1, -0.05) is 88.4 Å². The van der Waals surface area contributed by atoms with Crippen LogP contribution in [0.2, 0.25) is 0 Å². The number of anilines is 4. The van der Waals surface area contributed by atoms with E-state index in [9.17, 15) is 53.2 Å². The van der Waals surface area contributed by atoms with Crippen molar-refractivity contribution in [3.8, 4) is 5.75 Å². The van der Waals surface area contributed by atoms with Crippen LogP contribution in [0.25, 0.3) is 54.3 Å². The summed E-state index contributed by atoms with van der Waals surface area (Å²) in [5, 5.41) is 30.8. The average molecular weight is 2120 g/mol. The molecule has 4 amide bonds. The fraction of sp³-hybridized carbons (Fsp3) is 0.398. The molecule has 12 N–H and O–H groups in total. The van der Waals surface area contributed by atoms with Gasteiger partial charge in [0, 0.05) is 42.0 Å². The highest BCUT2D eigenvalue weighted by atomic mass is 35.7. The van der Waals surface area contributed by atoms with E-state index in [0.29, 0.717) is 16.9 Å². The third kappa shape index (κ3) is 23.7. The Morgan fingerprint density at radius 3 is 1.69 bits per heavy atom. The summed E-state index contributed by atoms with van der Waals surface area (Å²) in [5.41, 5.74) is -3.49. The monoisotopic (exact) mass is 2110 g/mol. The van der Waals surface area contributed by atoms with Crippen molar-refractivity contribution in [3.63, 3.8) is 0 Å². The lowest BCUT2D eigenvalue weighted by Gasteiger charge is -2.33. The van der Waals surface area contributed by atoms with Gasteiger partial charge in [0.2, 0.25) is 36.8 Å². The van der Waals surface area contributed by atoms with Crippen molar-refractivity contribution >= 4 is 162 Å². The Balaban J connectivity index is 0.000000183. The van der Waals surface area contributed by atoms with Gasteiger partial charge in [-0.3, -0.25) is 86.2 Å². The maximum Gasteiger partial charge on any atom is 0.506 e. The quantitative estimate of drug-likeness (QED) is 0.00990. The predicted octanol–water partition coefficient (Wildman–Crippen LogP) is 9.60. The number of carbonyl (C=O) groups is 5. The molecule has 756 valence electrons. The number of carboxylic acid groups (broad SMARTS) is 1. The highest BCUT2D eigenvalue weighted by Gasteiger charge is 2.67. The lowest BCUT2D eigenvalue weighted by atomic mass is 10.0. The van der Waals surface area contributed by atoms with Gasteiger partial charge in [-0.05, 0) is 83.4 Å². The molecule has 0 spiro atoms. The predicted molar refractivity (Wildman–Crippen MR) is 506 cm³/mol. The first-order valence-electron chi connectivity index (χ1n) is 43.0. The van der Waals surface area contributed by atoms with Crippen LogP contribution in [0.4, 0.5) is 37.1 Å². The number of pyridine rings is 1. The van der Waals surface area contributed by atoms with Crippen LogP contribution >= 0.6 is 40.0 Å². The van der Waals surface area contributed by atoms with Crippen molar-refractivity contribution < 1.29 is 126 Å². The minimum Gasteiger partial charge on any atom is -0.450 e. The van der Waals surface area contributed by atoms with Gasteiger partial charge in [0.15, 0.2) is 99.7 Å². The van der Waals surface area contributed by atoms with Crippen LogP contribution < -0.4 is 43.1 Å². The van der Waals surface area contributed by atoms with Gasteiger partial charge in [0.25, 0.3) is 22.9 Å². The SMILES string of the molecule is CP(=O)(Cl)Oc1ccccc1.N.[C-]#[N+]CCOP(=S)(OC[C@H]1O[C@@H](n2cnc3c(=O)[nH]c(NC(=O)C(C)C)nc32)[C@H](OC(=O)O)[C@H]1F)O[C@H]1[C@H]2OC[C@]1(CO)O[C@H]2n1cnc2c(NC(=O)c3ccccc3)ncnc21.[C-]#[N+]CCOP1(=S)OC[C@H]2O[C@@H](n3cnc4c(=O)[nH]c(NC(=O)C(C)C)nc43)[C@H](OP(O)OC[C@@]34CO[C@@H]([C@H](n5cnc6c(NC(=O)c7ccccc7)ncnc65)O3)[C@@H]4O1)[C@H]2F.c1ccncc1. The number of fused-ring (bicyclic) bond motifs is 8. The number of alkyl halides is 2. The minimum atomic E-state index is -4.07. The molecule has 7 fully saturated rings. The summed E-state index contributed by atoms with van der Waals surface area (Å²) in [6.07, 6.45) is -10.9. The molecule has 7 aliphatic rings. The Kier molecular flexibility index (Phi) is 33.5. The summed E-state index contributed by atoms with van der Waals surface area (Å²) in [6, 6.07) is 31.6. The van der Waals surface area contributed by atoms with E-state index in [1.165, 1.54) is 47.4 Å². The number of aromatic nitrogens is 17. The summed E-state index contributed by atoms with van der Waals surface area (Å²) in [7, 11) is -2.91. The molecular weight excluding hydrogens is 2030 g/mol. The maximum absolute atomic E-state index is 16.5. The van der Waals surface area contributed by atoms with E-state index in [1.807, 2.05) is 24.3 Å². The van der Waals surface area contributed by atoms with E-state index >= 15 is 8.78 Å². The molecule has 51 nitrogen and oxygen atoms in total. The Hall–Kier alpha value is -12.0. The second kappa shape index (κ2) is 45.5. The van der Waals surface area contributed by atoms with Crippen LogP contribution in [0.15, 0.2) is 169 Å². The molecule has 19 rings (SSSR count). The third-order valence-corrected chi connectivity index (χ3v) is 28.3. The average Bonchev–Trinajstić information content (AvgIpc) is 1.60. The fourth-order valence-electron chi connectivity index (χ4n) is 15.4. The number of imidazole rings is 4. The highest BCUT2D eigenvalue weighted by molar-refractivity contribution is 8.07. The van der Waals surface area contributed by atoms with Crippen LogP contribution in [0.1, 0.15) is 73.3 Å². The summed E-state index contributed by atoms with van der Waals surface area (Å²) < 4.78 is 145. The number of nitrogens with one attached hydrogen (secondary N) is 6. The van der Waals surface area contributed by atoms with E-state index < -0.39 is 205 Å². The number of aliphatic hydroxyl groups excluding tert-OH is 1. The van der Waals surface area contributed by atoms with Crippen molar-refractivity contribution in [1.82, 2.24) is 89.2 Å². The number of para-hydroxylation sites is 1. The van der Waals surface area contributed by atoms with E-state index in [1.54, 1.807) is 130 Å². The van der Waals surface area contributed by atoms with E-state index in [-0.39, 0.29) is 114 Å². The van der Waals surface area contributed by atoms with E-state index in [2.05, 4.69) is 95.7 Å². The van der Waals surface area contributed by atoms with Gasteiger partial charge in [0.1, 0.15) is 85.5 Å². The minimum absolute atomic E-state index is 0. The smallest absolute Gasteiger partial charge is 0.450 e. The Morgan fingerprint density at radius 1 is 0.657 bits per heavy atom. The van der Waals surface area contributed by atoms with Crippen molar-refractivity contribution in [2.45, 2.75) is 125 Å². The molecule has 3 aromatic carbocycles. The fourth-order valence-corrected chi connectivity index (χ4v) is 21.1. The number of benzene rings is 3. The number of amides is 4. The summed E-state index contributed by atoms with van der Waals surface area (Å²) >= 11 is 17.1. The number of carbonyl (C=O) groups excluding carboxylic acids is 4. The normalized spacial score (nSPS) is 26.5. The zero-order chi connectivity index (χ0) is 101. The lowest BCUT2D eigenvalue weighted by Crippen LogP contribution is -2.45. The number of hydrogen-bond acceptors (Lipinski definition) is 40. The zero-order valence-electron chi connectivity index (χ0n) is 75.5. The summed E-state index contributed by atoms with van der Waals surface area (Å²) in [5.74, 6) is -2.33. The number of aliphatic hydroxyl groups is 1. The number of rotatable bonds is 27. The molecule has 0 saturated carbocycles. The second-order valence-electron chi connectivity index (χ2n) is 32.4. The topological polar surface area (TPSA) is 630 Å². The molecule has 7 aliphatic heterocycles. The Bertz CT molecular complexity index is 6950. The molecule has 16 heterocycles. The van der Waals surface area contributed by atoms with Crippen LogP contribution in [0.3, 0.4) is 0 Å². The first-order valence-corrected chi connectivity index (χ1v) is 52.2. The molecule has 143 heavy (non-hydrogen) atoms. The molecule has 0 radical (unpaired) electrons. The van der Waals surface area contributed by atoms with Gasteiger partial charge >= 0.3 is 34.9 Å². The molecule has 60 heteroatoms. The highest BCUT2D eigenvalue weighted by Crippen LogP contribution is 2.62.